The van der Waals surface area contributed by atoms with Gasteiger partial charge in [-0.2, -0.15) is 0 Å². The average Bonchev–Trinajstić information content (AvgIpc) is 3.62. The van der Waals surface area contributed by atoms with Gasteiger partial charge in [-0.25, -0.2) is 14.8 Å². The molecule has 6 rings (SSSR count). The third-order valence-corrected chi connectivity index (χ3v) is 8.87. The van der Waals surface area contributed by atoms with E-state index in [1.807, 2.05) is 12.3 Å². The minimum Gasteiger partial charge on any atom is -0.486 e. The van der Waals surface area contributed by atoms with Crippen molar-refractivity contribution in [2.45, 2.75) is 64.7 Å². The van der Waals surface area contributed by atoms with Crippen LogP contribution in [-0.4, -0.2) is 58.4 Å². The number of hydrogen-bond donors (Lipinski definition) is 2. The molecule has 3 aromatic heterocycles. The lowest BCUT2D eigenvalue weighted by molar-refractivity contribution is -0.0223. The van der Waals surface area contributed by atoms with Gasteiger partial charge in [-0.1, -0.05) is 23.2 Å². The fraction of sp³-hybridized carbons (Fsp3) is 0.333. The van der Waals surface area contributed by atoms with Gasteiger partial charge in [0.05, 0.1) is 52.4 Å². The Bertz CT molecular complexity index is 1880. The molecule has 0 aliphatic carbocycles. The van der Waals surface area contributed by atoms with Crippen LogP contribution in [0, 0.1) is 0 Å². The number of nitrogens with two attached hydrogens (primary N) is 1. The maximum Gasteiger partial charge on any atom is 0.335 e. The molecule has 4 heterocycles. The van der Waals surface area contributed by atoms with E-state index in [9.17, 15) is 9.90 Å². The van der Waals surface area contributed by atoms with E-state index in [1.54, 1.807) is 55.0 Å². The number of fused-ring (bicyclic) bond motifs is 1. The van der Waals surface area contributed by atoms with Crippen LogP contribution in [0.4, 0.5) is 0 Å². The standard InChI is InChI=1S/C33H35Cl2N7O4/c1-3-40-20-37-16-25(40)17-42-29-12-22(32(43)44)4-6-28(29)39-31(42)18-41-11-9-33(36,15-21(41)2)46-26-8-10-38-24(14-26)19-45-30-7-5-23(34)13-27(30)35/h4-8,10,12-14,16,20-21H,3,9,11,15,17-19,36H2,1-2H3,(H,43,44)/t21-,33+/m0/s1. The van der Waals surface area contributed by atoms with Crippen molar-refractivity contribution in [1.29, 1.82) is 0 Å². The number of benzene rings is 2. The molecule has 0 unspecified atom stereocenters. The second-order valence-electron chi connectivity index (χ2n) is 11.6. The van der Waals surface area contributed by atoms with Gasteiger partial charge in [-0.3, -0.25) is 15.6 Å². The largest absolute Gasteiger partial charge is 0.486 e. The lowest BCUT2D eigenvalue weighted by Crippen LogP contribution is -2.57. The number of imidazole rings is 2. The minimum atomic E-state index is -0.974. The van der Waals surface area contributed by atoms with Gasteiger partial charge in [-0.05, 0) is 56.3 Å². The van der Waals surface area contributed by atoms with Crippen LogP contribution in [0.3, 0.4) is 0 Å². The van der Waals surface area contributed by atoms with Crippen molar-refractivity contribution in [2.24, 2.45) is 5.73 Å². The number of pyridine rings is 1. The first kappa shape index (κ1) is 31.8. The van der Waals surface area contributed by atoms with E-state index in [0.29, 0.717) is 59.7 Å². The maximum absolute atomic E-state index is 11.8. The molecular formula is C33H35Cl2N7O4. The van der Waals surface area contributed by atoms with Gasteiger partial charge in [0.2, 0.25) is 0 Å². The fourth-order valence-electron chi connectivity index (χ4n) is 5.90. The number of likely N-dealkylation sites (tertiary alicyclic amines) is 1. The van der Waals surface area contributed by atoms with E-state index in [4.69, 9.17) is 43.4 Å². The van der Waals surface area contributed by atoms with Crippen molar-refractivity contribution in [3.05, 3.63) is 100 Å². The number of nitrogens with zero attached hydrogens (tertiary/aromatic N) is 6. The molecule has 46 heavy (non-hydrogen) atoms. The zero-order valence-corrected chi connectivity index (χ0v) is 27.1. The highest BCUT2D eigenvalue weighted by molar-refractivity contribution is 6.35. The van der Waals surface area contributed by atoms with E-state index in [-0.39, 0.29) is 18.2 Å². The topological polar surface area (TPSA) is 134 Å². The van der Waals surface area contributed by atoms with Gasteiger partial charge < -0.3 is 23.7 Å². The zero-order valence-electron chi connectivity index (χ0n) is 25.6. The molecule has 240 valence electrons. The molecule has 2 atom stereocenters. The van der Waals surface area contributed by atoms with Crippen LogP contribution in [0.25, 0.3) is 11.0 Å². The summed E-state index contributed by atoms with van der Waals surface area (Å²) < 4.78 is 16.4. The van der Waals surface area contributed by atoms with E-state index >= 15 is 0 Å². The maximum atomic E-state index is 11.8. The number of aromatic carboxylic acids is 1. The van der Waals surface area contributed by atoms with E-state index in [2.05, 4.69) is 37.8 Å². The van der Waals surface area contributed by atoms with Gasteiger partial charge in [0.25, 0.3) is 0 Å². The number of rotatable bonds is 11. The van der Waals surface area contributed by atoms with Crippen LogP contribution in [0.15, 0.2) is 67.3 Å². The Morgan fingerprint density at radius 2 is 2.00 bits per heavy atom. The van der Waals surface area contributed by atoms with E-state index in [1.165, 1.54) is 0 Å². The molecule has 0 spiro atoms. The number of carbonyl (C=O) groups is 1. The summed E-state index contributed by atoms with van der Waals surface area (Å²) in [6.45, 7) is 6.95. The van der Waals surface area contributed by atoms with Gasteiger partial charge in [0, 0.05) is 55.5 Å². The van der Waals surface area contributed by atoms with Crippen molar-refractivity contribution >= 4 is 40.2 Å². The summed E-state index contributed by atoms with van der Waals surface area (Å²) in [7, 11) is 0. The normalized spacial score (nSPS) is 18.6. The molecule has 0 amide bonds. The Kier molecular flexibility index (Phi) is 9.19. The van der Waals surface area contributed by atoms with Gasteiger partial charge >= 0.3 is 5.97 Å². The number of carboxylic acid groups (broad SMARTS) is 1. The lowest BCUT2D eigenvalue weighted by atomic mass is 9.95. The summed E-state index contributed by atoms with van der Waals surface area (Å²) in [5.74, 6) is 1.00. The Morgan fingerprint density at radius 3 is 2.76 bits per heavy atom. The molecule has 3 N–H and O–H groups in total. The minimum absolute atomic E-state index is 0.0828. The molecule has 13 heteroatoms. The van der Waals surface area contributed by atoms with Crippen LogP contribution >= 0.6 is 23.2 Å². The lowest BCUT2D eigenvalue weighted by Gasteiger charge is -2.43. The monoisotopic (exact) mass is 663 g/mol. The fourth-order valence-corrected chi connectivity index (χ4v) is 6.36. The third-order valence-electron chi connectivity index (χ3n) is 8.34. The number of aromatic nitrogens is 5. The summed E-state index contributed by atoms with van der Waals surface area (Å²) in [5.41, 5.74) is 9.39. The van der Waals surface area contributed by atoms with Crippen molar-refractivity contribution in [2.75, 3.05) is 6.54 Å². The van der Waals surface area contributed by atoms with Crippen LogP contribution in [0.1, 0.15) is 54.3 Å². The smallest absolute Gasteiger partial charge is 0.335 e. The van der Waals surface area contributed by atoms with Crippen LogP contribution < -0.4 is 15.2 Å². The quantitative estimate of drug-likeness (QED) is 0.163. The first-order valence-corrected chi connectivity index (χ1v) is 15.8. The van der Waals surface area contributed by atoms with Gasteiger partial charge in [0.15, 0.2) is 5.72 Å². The number of halogens is 2. The summed E-state index contributed by atoms with van der Waals surface area (Å²) in [6.07, 6.45) is 6.50. The average molecular weight is 665 g/mol. The molecule has 2 aromatic carbocycles. The van der Waals surface area contributed by atoms with Crippen LogP contribution in [-0.2, 0) is 26.2 Å². The number of ether oxygens (including phenoxy) is 2. The Balaban J connectivity index is 1.15. The molecule has 0 saturated carbocycles. The SMILES string of the molecule is CCn1cncc1Cn1c(CN2CC[C@@](N)(Oc3ccnc(COc4ccc(Cl)cc4Cl)c3)C[C@@H]2C)nc2ccc(C(=O)O)cc21. The van der Waals surface area contributed by atoms with Crippen molar-refractivity contribution in [3.8, 4) is 11.5 Å². The number of carboxylic acids is 1. The van der Waals surface area contributed by atoms with E-state index in [0.717, 1.165) is 29.1 Å². The predicted molar refractivity (Wildman–Crippen MR) is 175 cm³/mol. The molecule has 1 fully saturated rings. The Labute approximate surface area is 276 Å². The summed E-state index contributed by atoms with van der Waals surface area (Å²) in [5, 5.41) is 10.6. The third kappa shape index (κ3) is 6.97. The van der Waals surface area contributed by atoms with Gasteiger partial charge in [-0.15, -0.1) is 0 Å². The Morgan fingerprint density at radius 1 is 1.15 bits per heavy atom. The van der Waals surface area contributed by atoms with E-state index < -0.39 is 11.7 Å². The van der Waals surface area contributed by atoms with Crippen molar-refractivity contribution in [3.63, 3.8) is 0 Å². The molecule has 1 aliphatic heterocycles. The number of aryl methyl sites for hydroxylation is 1. The molecule has 11 nitrogen and oxygen atoms in total. The van der Waals surface area contributed by atoms with Crippen molar-refractivity contribution in [1.82, 2.24) is 29.0 Å². The first-order chi connectivity index (χ1) is 22.1. The molecule has 0 bridgehead atoms. The zero-order chi connectivity index (χ0) is 32.4. The van der Waals surface area contributed by atoms with Gasteiger partial charge in [0.1, 0.15) is 23.9 Å². The number of hydrogen-bond acceptors (Lipinski definition) is 8. The number of piperidine rings is 1. The molecule has 5 aromatic rings. The highest BCUT2D eigenvalue weighted by Crippen LogP contribution is 2.31. The highest BCUT2D eigenvalue weighted by Gasteiger charge is 2.37. The second kappa shape index (κ2) is 13.3. The molecule has 1 saturated heterocycles. The molecular weight excluding hydrogens is 629 g/mol. The molecule has 0 radical (unpaired) electrons. The second-order valence-corrected chi connectivity index (χ2v) is 12.4. The van der Waals surface area contributed by atoms with Crippen LogP contribution in [0.5, 0.6) is 11.5 Å². The van der Waals surface area contributed by atoms with Crippen LogP contribution in [0.2, 0.25) is 10.0 Å². The molecule has 1 aliphatic rings. The van der Waals surface area contributed by atoms with Crippen molar-refractivity contribution < 1.29 is 19.4 Å². The first-order valence-electron chi connectivity index (χ1n) is 15.1. The highest BCUT2D eigenvalue weighted by atomic mass is 35.5. The predicted octanol–water partition coefficient (Wildman–Crippen LogP) is 6.00. The summed E-state index contributed by atoms with van der Waals surface area (Å²) >= 11 is 12.2. The summed E-state index contributed by atoms with van der Waals surface area (Å²) in [4.78, 5) is 27.8. The summed E-state index contributed by atoms with van der Waals surface area (Å²) in [6, 6.07) is 13.8. The Hall–Kier alpha value is -4.16.